The number of carbonyl (C=O) groups is 2. The van der Waals surface area contributed by atoms with Crippen LogP contribution in [0, 0.1) is 5.41 Å². The molecule has 0 aromatic carbocycles. The second-order valence-electron chi connectivity index (χ2n) is 5.43. The van der Waals surface area contributed by atoms with Crippen LogP contribution in [0.5, 0.6) is 0 Å². The van der Waals surface area contributed by atoms with Gasteiger partial charge in [0.25, 0.3) is 0 Å². The molecule has 0 bridgehead atoms. The molecule has 0 aliphatic carbocycles. The van der Waals surface area contributed by atoms with Gasteiger partial charge < -0.3 is 10.0 Å². The molecule has 1 atom stereocenters. The van der Waals surface area contributed by atoms with Crippen LogP contribution < -0.4 is 5.69 Å². The number of amides is 1. The third kappa shape index (κ3) is 3.12. The van der Waals surface area contributed by atoms with E-state index >= 15 is 0 Å². The predicted octanol–water partition coefficient (Wildman–Crippen LogP) is 0.347. The summed E-state index contributed by atoms with van der Waals surface area (Å²) < 4.78 is 1.23. The maximum atomic E-state index is 12.2. The van der Waals surface area contributed by atoms with Crippen molar-refractivity contribution in [3.05, 3.63) is 28.9 Å². The first-order chi connectivity index (χ1) is 9.98. The van der Waals surface area contributed by atoms with Crippen molar-refractivity contribution in [2.24, 2.45) is 5.41 Å². The Balaban J connectivity index is 2.07. The molecule has 1 aromatic rings. The van der Waals surface area contributed by atoms with Gasteiger partial charge in [0, 0.05) is 25.5 Å². The Morgan fingerprint density at radius 3 is 2.86 bits per heavy atom. The van der Waals surface area contributed by atoms with Gasteiger partial charge in [-0.1, -0.05) is 13.3 Å². The molecule has 21 heavy (non-hydrogen) atoms. The number of carboxylic acid groups (broad SMARTS) is 1. The molecule has 0 radical (unpaired) electrons. The highest BCUT2D eigenvalue weighted by molar-refractivity contribution is 5.80. The molecule has 7 nitrogen and oxygen atoms in total. The van der Waals surface area contributed by atoms with E-state index in [1.807, 2.05) is 6.92 Å². The largest absolute Gasteiger partial charge is 0.481 e. The van der Waals surface area contributed by atoms with E-state index in [9.17, 15) is 19.5 Å². The van der Waals surface area contributed by atoms with Crippen LogP contribution in [-0.2, 0) is 16.1 Å². The average Bonchev–Trinajstić information content (AvgIpc) is 2.87. The molecular formula is C14H19N3O4. The Labute approximate surface area is 122 Å². The molecule has 2 rings (SSSR count). The monoisotopic (exact) mass is 293 g/mol. The van der Waals surface area contributed by atoms with Crippen molar-refractivity contribution in [2.75, 3.05) is 13.1 Å². The van der Waals surface area contributed by atoms with Crippen molar-refractivity contribution in [3.63, 3.8) is 0 Å². The highest BCUT2D eigenvalue weighted by atomic mass is 16.4. The molecule has 7 heteroatoms. The molecule has 1 aliphatic rings. The summed E-state index contributed by atoms with van der Waals surface area (Å²) in [5.41, 5.74) is -1.33. The zero-order valence-corrected chi connectivity index (χ0v) is 12.0. The third-order valence-corrected chi connectivity index (χ3v) is 3.98. The van der Waals surface area contributed by atoms with Crippen LogP contribution in [0.25, 0.3) is 0 Å². The van der Waals surface area contributed by atoms with Gasteiger partial charge in [-0.3, -0.25) is 14.2 Å². The smallest absolute Gasteiger partial charge is 0.347 e. The first kappa shape index (κ1) is 15.2. The average molecular weight is 293 g/mol. The van der Waals surface area contributed by atoms with Crippen molar-refractivity contribution in [2.45, 2.75) is 32.7 Å². The molecule has 1 N–H and O–H groups in total. The SMILES string of the molecule is CCCC1(C(=O)O)CCN(C(=O)Cn2cccnc2=O)C1. The normalized spacial score (nSPS) is 21.5. The standard InChI is InChI=1S/C14H19N3O4/c1-2-4-14(12(19)20)5-8-17(10-14)11(18)9-16-7-3-6-15-13(16)21/h3,6-7H,2,4-5,8-10H2,1H3,(H,19,20). The van der Waals surface area contributed by atoms with Crippen LogP contribution in [-0.4, -0.2) is 44.5 Å². The van der Waals surface area contributed by atoms with E-state index in [4.69, 9.17) is 0 Å². The second-order valence-corrected chi connectivity index (χ2v) is 5.43. The van der Waals surface area contributed by atoms with Gasteiger partial charge in [0.2, 0.25) is 5.91 Å². The van der Waals surface area contributed by atoms with E-state index in [2.05, 4.69) is 4.98 Å². The van der Waals surface area contributed by atoms with Gasteiger partial charge in [-0.25, -0.2) is 9.78 Å². The molecule has 1 saturated heterocycles. The zero-order valence-electron chi connectivity index (χ0n) is 12.0. The Morgan fingerprint density at radius 2 is 2.24 bits per heavy atom. The molecule has 1 unspecified atom stereocenters. The summed E-state index contributed by atoms with van der Waals surface area (Å²) in [5, 5.41) is 9.43. The summed E-state index contributed by atoms with van der Waals surface area (Å²) in [4.78, 5) is 40.3. The molecule has 0 spiro atoms. The van der Waals surface area contributed by atoms with Crippen molar-refractivity contribution in [1.29, 1.82) is 0 Å². The Bertz CT molecular complexity index is 598. The fourth-order valence-corrected chi connectivity index (χ4v) is 2.80. The molecular weight excluding hydrogens is 274 g/mol. The van der Waals surface area contributed by atoms with E-state index in [0.29, 0.717) is 19.4 Å². The quantitative estimate of drug-likeness (QED) is 0.845. The number of aromatic nitrogens is 2. The molecule has 1 fully saturated rings. The lowest BCUT2D eigenvalue weighted by Crippen LogP contribution is -2.39. The second kappa shape index (κ2) is 6.07. The van der Waals surface area contributed by atoms with E-state index in [1.54, 1.807) is 6.07 Å². The summed E-state index contributed by atoms with van der Waals surface area (Å²) in [6, 6.07) is 1.58. The molecule has 1 aromatic heterocycles. The number of rotatable bonds is 5. The topological polar surface area (TPSA) is 92.5 Å². The van der Waals surface area contributed by atoms with Gasteiger partial charge >= 0.3 is 11.7 Å². The van der Waals surface area contributed by atoms with Crippen molar-refractivity contribution < 1.29 is 14.7 Å². The van der Waals surface area contributed by atoms with Crippen LogP contribution in [0.2, 0.25) is 0 Å². The van der Waals surface area contributed by atoms with E-state index < -0.39 is 17.1 Å². The number of hydrogen-bond donors (Lipinski definition) is 1. The number of carbonyl (C=O) groups excluding carboxylic acids is 1. The third-order valence-electron chi connectivity index (χ3n) is 3.98. The lowest BCUT2D eigenvalue weighted by molar-refractivity contribution is -0.149. The van der Waals surface area contributed by atoms with Crippen molar-refractivity contribution in [3.8, 4) is 0 Å². The molecule has 114 valence electrons. The number of likely N-dealkylation sites (tertiary alicyclic amines) is 1. The maximum Gasteiger partial charge on any atom is 0.347 e. The zero-order chi connectivity index (χ0) is 15.5. The highest BCUT2D eigenvalue weighted by Gasteiger charge is 2.45. The number of nitrogens with zero attached hydrogens (tertiary/aromatic N) is 3. The van der Waals surface area contributed by atoms with Crippen molar-refractivity contribution in [1.82, 2.24) is 14.5 Å². The van der Waals surface area contributed by atoms with Gasteiger partial charge in [0.15, 0.2) is 0 Å². The molecule has 1 aliphatic heterocycles. The van der Waals surface area contributed by atoms with Crippen LogP contribution in [0.15, 0.2) is 23.3 Å². The van der Waals surface area contributed by atoms with Crippen LogP contribution in [0.4, 0.5) is 0 Å². The lowest BCUT2D eigenvalue weighted by Gasteiger charge is -2.24. The van der Waals surface area contributed by atoms with E-state index in [-0.39, 0.29) is 19.0 Å². The first-order valence-electron chi connectivity index (χ1n) is 7.01. The predicted molar refractivity (Wildman–Crippen MR) is 74.7 cm³/mol. The van der Waals surface area contributed by atoms with Gasteiger partial charge in [-0.15, -0.1) is 0 Å². The number of carboxylic acids is 1. The Hall–Kier alpha value is -2.18. The fraction of sp³-hybridized carbons (Fsp3) is 0.571. The molecule has 1 amide bonds. The maximum absolute atomic E-state index is 12.2. The first-order valence-corrected chi connectivity index (χ1v) is 7.01. The minimum atomic E-state index is -0.849. The summed E-state index contributed by atoms with van der Waals surface area (Å²) >= 11 is 0. The molecule has 0 saturated carbocycles. The Morgan fingerprint density at radius 1 is 1.48 bits per heavy atom. The summed E-state index contributed by atoms with van der Waals surface area (Å²) in [6.45, 7) is 2.46. The van der Waals surface area contributed by atoms with Crippen molar-refractivity contribution >= 4 is 11.9 Å². The van der Waals surface area contributed by atoms with Gasteiger partial charge in [-0.05, 0) is 18.9 Å². The Kier molecular flexibility index (Phi) is 4.40. The minimum absolute atomic E-state index is 0.103. The number of hydrogen-bond acceptors (Lipinski definition) is 4. The van der Waals surface area contributed by atoms with Crippen LogP contribution in [0.3, 0.4) is 0 Å². The van der Waals surface area contributed by atoms with Gasteiger partial charge in [0.1, 0.15) is 6.54 Å². The van der Waals surface area contributed by atoms with E-state index in [1.165, 1.54) is 21.9 Å². The lowest BCUT2D eigenvalue weighted by atomic mass is 9.83. The summed E-state index contributed by atoms with van der Waals surface area (Å²) in [5.74, 6) is -1.09. The van der Waals surface area contributed by atoms with Crippen LogP contribution >= 0.6 is 0 Å². The van der Waals surface area contributed by atoms with E-state index in [0.717, 1.165) is 6.42 Å². The minimum Gasteiger partial charge on any atom is -0.481 e. The van der Waals surface area contributed by atoms with Crippen LogP contribution in [0.1, 0.15) is 26.2 Å². The summed E-state index contributed by atoms with van der Waals surface area (Å²) in [7, 11) is 0. The number of aliphatic carboxylic acids is 1. The summed E-state index contributed by atoms with van der Waals surface area (Å²) in [6.07, 6.45) is 4.65. The van der Waals surface area contributed by atoms with Gasteiger partial charge in [-0.2, -0.15) is 0 Å². The van der Waals surface area contributed by atoms with Gasteiger partial charge in [0.05, 0.1) is 5.41 Å². The highest BCUT2D eigenvalue weighted by Crippen LogP contribution is 2.35. The molecule has 2 heterocycles. The fourth-order valence-electron chi connectivity index (χ4n) is 2.80.